The molecule has 11 nitrogen and oxygen atoms in total. The molecule has 0 spiro atoms. The van der Waals surface area contributed by atoms with E-state index < -0.39 is 23.9 Å². The molecular weight excluding hydrogens is 526 g/mol. The van der Waals surface area contributed by atoms with E-state index in [-0.39, 0.29) is 18.2 Å². The van der Waals surface area contributed by atoms with E-state index in [2.05, 4.69) is 35.7 Å². The van der Waals surface area contributed by atoms with Crippen molar-refractivity contribution in [2.75, 3.05) is 0 Å². The zero-order chi connectivity index (χ0) is 26.9. The molecule has 0 unspecified atom stereocenters. The molecule has 0 saturated carbocycles. The van der Waals surface area contributed by atoms with Crippen molar-refractivity contribution in [2.24, 2.45) is 5.92 Å². The maximum absolute atomic E-state index is 12.7. The summed E-state index contributed by atoms with van der Waals surface area (Å²) in [6.45, 7) is 3.87. The minimum atomic E-state index is -0.905. The molecule has 1 aromatic carbocycles. The molecule has 38 heavy (non-hydrogen) atoms. The van der Waals surface area contributed by atoms with Crippen molar-refractivity contribution in [3.05, 3.63) is 70.8 Å². The van der Waals surface area contributed by atoms with Crippen LogP contribution in [0.2, 0.25) is 0 Å². The van der Waals surface area contributed by atoms with Crippen LogP contribution < -0.4 is 16.2 Å². The zero-order valence-electron chi connectivity index (χ0n) is 20.6. The third kappa shape index (κ3) is 7.40. The summed E-state index contributed by atoms with van der Waals surface area (Å²) in [6, 6.07) is 10.2. The first-order chi connectivity index (χ1) is 18.4. The quantitative estimate of drug-likeness (QED) is 0.266. The molecule has 1 atom stereocenters. The fraction of sp³-hybridized carbons (Fsp3) is 0.240. The Morgan fingerprint density at radius 1 is 0.974 bits per heavy atom. The number of alkyl carbamates (subject to hydrolysis) is 1. The number of hydrogen-bond donors (Lipinski definition) is 3. The van der Waals surface area contributed by atoms with E-state index in [9.17, 15) is 14.4 Å². The van der Waals surface area contributed by atoms with Gasteiger partial charge >= 0.3 is 6.09 Å². The Balaban J connectivity index is 1.30. The number of ether oxygens (including phenoxy) is 1. The third-order valence-corrected chi connectivity index (χ3v) is 6.65. The lowest BCUT2D eigenvalue weighted by molar-refractivity contribution is -0.124. The summed E-state index contributed by atoms with van der Waals surface area (Å²) in [6.07, 6.45) is 2.80. The van der Waals surface area contributed by atoms with E-state index in [0.717, 1.165) is 22.4 Å². The average Bonchev–Trinajstić information content (AvgIpc) is 3.64. The molecule has 3 amide bonds. The number of hydrogen-bond acceptors (Lipinski definition) is 10. The van der Waals surface area contributed by atoms with Crippen LogP contribution in [0.5, 0.6) is 0 Å². The van der Waals surface area contributed by atoms with E-state index >= 15 is 0 Å². The lowest BCUT2D eigenvalue weighted by Gasteiger charge is -2.20. The van der Waals surface area contributed by atoms with Crippen molar-refractivity contribution >= 4 is 40.8 Å². The largest absolute Gasteiger partial charge is 0.445 e. The highest BCUT2D eigenvalue weighted by Gasteiger charge is 2.24. The molecule has 0 bridgehead atoms. The Kier molecular flexibility index (Phi) is 9.06. The molecule has 3 aromatic heterocycles. The van der Waals surface area contributed by atoms with Crippen molar-refractivity contribution in [3.63, 3.8) is 0 Å². The second kappa shape index (κ2) is 12.8. The number of aromatic nitrogens is 4. The lowest BCUT2D eigenvalue weighted by atomic mass is 10.0. The number of hydrazine groups is 1. The van der Waals surface area contributed by atoms with Crippen molar-refractivity contribution in [3.8, 4) is 21.8 Å². The van der Waals surface area contributed by atoms with Crippen LogP contribution in [0.3, 0.4) is 0 Å². The number of nitrogens with one attached hydrogen (secondary N) is 3. The molecule has 0 aliphatic carbocycles. The molecule has 196 valence electrons. The predicted molar refractivity (Wildman–Crippen MR) is 143 cm³/mol. The highest BCUT2D eigenvalue weighted by atomic mass is 32.1. The molecule has 0 aliphatic rings. The van der Waals surface area contributed by atoms with Crippen LogP contribution in [-0.4, -0.2) is 43.5 Å². The van der Waals surface area contributed by atoms with Crippen LogP contribution in [0.1, 0.15) is 36.3 Å². The van der Waals surface area contributed by atoms with Crippen LogP contribution in [0.15, 0.2) is 59.6 Å². The van der Waals surface area contributed by atoms with Gasteiger partial charge in [-0.05, 0) is 41.6 Å². The number of benzene rings is 1. The van der Waals surface area contributed by atoms with Crippen molar-refractivity contribution in [1.29, 1.82) is 0 Å². The number of amides is 3. The summed E-state index contributed by atoms with van der Waals surface area (Å²) < 4.78 is 9.07. The van der Waals surface area contributed by atoms with Crippen LogP contribution >= 0.6 is 22.9 Å². The van der Waals surface area contributed by atoms with Gasteiger partial charge in [-0.25, -0.2) is 9.78 Å². The normalized spacial score (nSPS) is 11.6. The van der Waals surface area contributed by atoms with Gasteiger partial charge in [0.15, 0.2) is 0 Å². The number of thiazole rings is 1. The summed E-state index contributed by atoms with van der Waals surface area (Å²) in [4.78, 5) is 45.9. The topological polar surface area (TPSA) is 148 Å². The van der Waals surface area contributed by atoms with E-state index in [1.807, 2.05) is 43.5 Å². The Labute approximate surface area is 226 Å². The van der Waals surface area contributed by atoms with E-state index in [1.165, 1.54) is 22.9 Å². The summed E-state index contributed by atoms with van der Waals surface area (Å²) in [5, 5.41) is 10.7. The molecule has 13 heteroatoms. The van der Waals surface area contributed by atoms with E-state index in [1.54, 1.807) is 29.9 Å². The monoisotopic (exact) mass is 551 g/mol. The minimum Gasteiger partial charge on any atom is -0.445 e. The fourth-order valence-electron chi connectivity index (χ4n) is 3.37. The minimum absolute atomic E-state index is 0.0398. The van der Waals surface area contributed by atoms with Gasteiger partial charge in [0.25, 0.3) is 11.8 Å². The van der Waals surface area contributed by atoms with Crippen molar-refractivity contribution in [2.45, 2.75) is 32.9 Å². The van der Waals surface area contributed by atoms with Crippen LogP contribution in [0, 0.1) is 5.92 Å². The maximum Gasteiger partial charge on any atom is 0.408 e. The molecule has 3 heterocycles. The van der Waals surface area contributed by atoms with Crippen LogP contribution in [-0.2, 0) is 16.1 Å². The van der Waals surface area contributed by atoms with Gasteiger partial charge in [-0.1, -0.05) is 42.6 Å². The number of nitrogens with zero attached hydrogens (tertiary/aromatic N) is 4. The number of carbonyl (C=O) groups excluding carboxylic acids is 3. The molecule has 0 saturated heterocycles. The molecule has 3 N–H and O–H groups in total. The molecular formula is C25H25N7O4S2. The van der Waals surface area contributed by atoms with Gasteiger partial charge < -0.3 is 10.1 Å². The average molecular weight is 552 g/mol. The summed E-state index contributed by atoms with van der Waals surface area (Å²) in [5.41, 5.74) is 8.24. The Morgan fingerprint density at radius 3 is 2.39 bits per heavy atom. The first kappa shape index (κ1) is 26.8. The van der Waals surface area contributed by atoms with Gasteiger partial charge in [0.1, 0.15) is 29.0 Å². The standard InChI is InChI=1S/C25H25N7O4S2/c1-15(2)11-19(28-25(35)36-12-16-7-9-26-10-8-16)22(33)30-31-23(34)21-13-37-24(27-21)18-5-3-17(4-6-18)20-14-38-32-29-20/h3-10,13-15,19H,11-12H2,1-2H3,(H,28,35)(H,30,33)(H,31,34)/t19-/m1/s1. The van der Waals surface area contributed by atoms with E-state index in [0.29, 0.717) is 11.4 Å². The molecule has 0 fully saturated rings. The van der Waals surface area contributed by atoms with Gasteiger partial charge in [-0.3, -0.25) is 25.4 Å². The van der Waals surface area contributed by atoms with Crippen LogP contribution in [0.4, 0.5) is 4.79 Å². The highest BCUT2D eigenvalue weighted by Crippen LogP contribution is 2.26. The van der Waals surface area contributed by atoms with E-state index in [4.69, 9.17) is 4.74 Å². The second-order valence-corrected chi connectivity index (χ2v) is 10.1. The summed E-state index contributed by atoms with van der Waals surface area (Å²) in [7, 11) is 0. The summed E-state index contributed by atoms with van der Waals surface area (Å²) in [5.74, 6) is -1.05. The SMILES string of the molecule is CC(C)C[C@@H](NC(=O)OCc1ccncc1)C(=O)NNC(=O)c1csc(-c2ccc(-c3csnn3)cc2)n1. The molecule has 0 aliphatic heterocycles. The smallest absolute Gasteiger partial charge is 0.408 e. The number of rotatable bonds is 9. The van der Waals surface area contributed by atoms with Gasteiger partial charge in [-0.2, -0.15) is 0 Å². The number of carbonyl (C=O) groups is 3. The highest BCUT2D eigenvalue weighted by molar-refractivity contribution is 7.13. The van der Waals surface area contributed by atoms with Crippen LogP contribution in [0.25, 0.3) is 21.8 Å². The second-order valence-electron chi connectivity index (χ2n) is 8.61. The van der Waals surface area contributed by atoms with Crippen molar-refractivity contribution < 1.29 is 19.1 Å². The van der Waals surface area contributed by atoms with Gasteiger partial charge in [0.2, 0.25) is 0 Å². The maximum atomic E-state index is 12.7. The third-order valence-electron chi connectivity index (χ3n) is 5.26. The Hall–Kier alpha value is -4.23. The fourth-order valence-corrected chi connectivity index (χ4v) is 4.64. The molecule has 4 rings (SSSR count). The van der Waals surface area contributed by atoms with Crippen molar-refractivity contribution in [1.82, 2.24) is 35.7 Å². The Bertz CT molecular complexity index is 1360. The van der Waals surface area contributed by atoms with Gasteiger partial charge in [0, 0.05) is 34.3 Å². The number of pyridine rings is 1. The Morgan fingerprint density at radius 2 is 1.71 bits per heavy atom. The molecule has 4 aromatic rings. The lowest BCUT2D eigenvalue weighted by Crippen LogP contribution is -2.52. The van der Waals surface area contributed by atoms with Gasteiger partial charge in [-0.15, -0.1) is 16.4 Å². The molecule has 0 radical (unpaired) electrons. The predicted octanol–water partition coefficient (Wildman–Crippen LogP) is 3.83. The first-order valence-electron chi connectivity index (χ1n) is 11.6. The summed E-state index contributed by atoms with van der Waals surface area (Å²) >= 11 is 2.59. The zero-order valence-corrected chi connectivity index (χ0v) is 22.2. The first-order valence-corrected chi connectivity index (χ1v) is 13.4. The van der Waals surface area contributed by atoms with Gasteiger partial charge in [0.05, 0.1) is 0 Å².